The van der Waals surface area contributed by atoms with Gasteiger partial charge in [0.15, 0.2) is 0 Å². The second-order valence-corrected chi connectivity index (χ2v) is 7.12. The van der Waals surface area contributed by atoms with E-state index in [4.69, 9.17) is 26.6 Å². The third-order valence-corrected chi connectivity index (χ3v) is 5.46. The summed E-state index contributed by atoms with van der Waals surface area (Å²) >= 11 is 6.91. The quantitative estimate of drug-likeness (QED) is 0.275. The zero-order valence-corrected chi connectivity index (χ0v) is 15.4. The van der Waals surface area contributed by atoms with Gasteiger partial charge in [-0.2, -0.15) is 0 Å². The molecule has 0 bridgehead atoms. The molecule has 132 valence electrons. The first-order chi connectivity index (χ1) is 13.8. The molecular formula is C23H13ClN4. The lowest BCUT2D eigenvalue weighted by atomic mass is 10.0. The maximum atomic E-state index is 6.91. The molecule has 0 aliphatic carbocycles. The predicted molar refractivity (Wildman–Crippen MR) is 115 cm³/mol. The molecule has 0 amide bonds. The Morgan fingerprint density at radius 2 is 1.21 bits per heavy atom. The number of nitrogens with zero attached hydrogens (tertiary/aromatic N) is 3. The Balaban J connectivity index is 1.84. The first-order valence-electron chi connectivity index (χ1n) is 9.01. The van der Waals surface area contributed by atoms with Gasteiger partial charge >= 0.3 is 0 Å². The number of hydrogen-bond acceptors (Lipinski definition) is 3. The Hall–Kier alpha value is -3.50. The van der Waals surface area contributed by atoms with Crippen molar-refractivity contribution in [1.82, 2.24) is 19.9 Å². The molecule has 0 saturated carbocycles. The summed E-state index contributed by atoms with van der Waals surface area (Å²) in [5.74, 6) is 0.700. The van der Waals surface area contributed by atoms with Crippen molar-refractivity contribution < 1.29 is 0 Å². The highest BCUT2D eigenvalue weighted by Crippen LogP contribution is 2.40. The fourth-order valence-electron chi connectivity index (χ4n) is 3.77. The van der Waals surface area contributed by atoms with E-state index in [0.717, 1.165) is 49.4 Å². The second kappa shape index (κ2) is 5.75. The van der Waals surface area contributed by atoms with E-state index in [1.807, 2.05) is 72.8 Å². The van der Waals surface area contributed by atoms with E-state index in [-0.39, 0.29) is 0 Å². The molecule has 0 saturated heterocycles. The molecule has 0 fully saturated rings. The molecular weight excluding hydrogens is 368 g/mol. The number of nitrogens with one attached hydrogen (secondary N) is 1. The van der Waals surface area contributed by atoms with Gasteiger partial charge in [-0.25, -0.2) is 15.0 Å². The van der Waals surface area contributed by atoms with Crippen molar-refractivity contribution in [1.29, 1.82) is 0 Å². The minimum absolute atomic E-state index is 0.631. The number of hydrogen-bond donors (Lipinski definition) is 1. The molecule has 0 atom stereocenters. The van der Waals surface area contributed by atoms with Crippen LogP contribution in [0.15, 0.2) is 72.8 Å². The normalized spacial score (nSPS) is 11.8. The minimum atomic E-state index is 0.631. The van der Waals surface area contributed by atoms with Crippen LogP contribution < -0.4 is 0 Å². The number of fused-ring (bicyclic) bond motifs is 5. The molecule has 2 aromatic heterocycles. The number of aromatic amines is 1. The average Bonchev–Trinajstić information content (AvgIpc) is 3.16. The van der Waals surface area contributed by atoms with Crippen LogP contribution in [-0.4, -0.2) is 19.9 Å². The summed E-state index contributed by atoms with van der Waals surface area (Å²) in [5, 5.41) is 2.56. The SMILES string of the molecule is Clc1c(-c2nc3ccccc3[nH]2)c2nc3ccccc3nc2c2ccccc12. The lowest BCUT2D eigenvalue weighted by Crippen LogP contribution is -1.94. The minimum Gasteiger partial charge on any atom is -0.338 e. The van der Waals surface area contributed by atoms with Gasteiger partial charge < -0.3 is 4.98 Å². The Morgan fingerprint density at radius 1 is 0.607 bits per heavy atom. The molecule has 2 heterocycles. The van der Waals surface area contributed by atoms with Crippen molar-refractivity contribution in [3.8, 4) is 11.4 Å². The first-order valence-corrected chi connectivity index (χ1v) is 9.39. The number of H-pyrrole nitrogens is 1. The van der Waals surface area contributed by atoms with Crippen LogP contribution in [0.25, 0.3) is 55.3 Å². The molecule has 0 radical (unpaired) electrons. The topological polar surface area (TPSA) is 54.5 Å². The Kier molecular flexibility index (Phi) is 3.19. The highest BCUT2D eigenvalue weighted by Gasteiger charge is 2.20. The third-order valence-electron chi connectivity index (χ3n) is 5.07. The molecule has 4 nitrogen and oxygen atoms in total. The zero-order chi connectivity index (χ0) is 18.7. The van der Waals surface area contributed by atoms with Crippen molar-refractivity contribution in [2.75, 3.05) is 0 Å². The van der Waals surface area contributed by atoms with E-state index in [1.165, 1.54) is 0 Å². The van der Waals surface area contributed by atoms with Gasteiger partial charge in [0, 0.05) is 10.8 Å². The summed E-state index contributed by atoms with van der Waals surface area (Å²) in [5.41, 5.74) is 5.91. The maximum absolute atomic E-state index is 6.91. The summed E-state index contributed by atoms with van der Waals surface area (Å²) in [4.78, 5) is 18.0. The Labute approximate surface area is 164 Å². The van der Waals surface area contributed by atoms with Gasteiger partial charge in [0.1, 0.15) is 11.3 Å². The lowest BCUT2D eigenvalue weighted by Gasteiger charge is -2.11. The number of imidazole rings is 1. The van der Waals surface area contributed by atoms with Gasteiger partial charge in [-0.05, 0) is 24.3 Å². The smallest absolute Gasteiger partial charge is 0.142 e. The van der Waals surface area contributed by atoms with Crippen molar-refractivity contribution in [2.24, 2.45) is 0 Å². The van der Waals surface area contributed by atoms with Gasteiger partial charge in [0.2, 0.25) is 0 Å². The number of halogens is 1. The van der Waals surface area contributed by atoms with Crippen molar-refractivity contribution in [3.63, 3.8) is 0 Å². The van der Waals surface area contributed by atoms with Crippen LogP contribution in [0.1, 0.15) is 0 Å². The second-order valence-electron chi connectivity index (χ2n) is 6.75. The fourth-order valence-corrected chi connectivity index (χ4v) is 4.11. The maximum Gasteiger partial charge on any atom is 0.142 e. The van der Waals surface area contributed by atoms with Gasteiger partial charge in [-0.3, -0.25) is 0 Å². The summed E-state index contributed by atoms with van der Waals surface area (Å²) in [6, 6.07) is 23.9. The fraction of sp³-hybridized carbons (Fsp3) is 0. The molecule has 0 aliphatic rings. The van der Waals surface area contributed by atoms with E-state index in [2.05, 4.69) is 4.98 Å². The van der Waals surface area contributed by atoms with Crippen LogP contribution in [0.5, 0.6) is 0 Å². The molecule has 6 rings (SSSR count). The molecule has 28 heavy (non-hydrogen) atoms. The first kappa shape index (κ1) is 15.5. The number of rotatable bonds is 1. The molecule has 4 aromatic carbocycles. The molecule has 1 N–H and O–H groups in total. The van der Waals surface area contributed by atoms with Gasteiger partial charge in [-0.1, -0.05) is 60.1 Å². The molecule has 0 spiro atoms. The summed E-state index contributed by atoms with van der Waals surface area (Å²) in [6.45, 7) is 0. The summed E-state index contributed by atoms with van der Waals surface area (Å²) in [7, 11) is 0. The van der Waals surface area contributed by atoms with E-state index in [0.29, 0.717) is 10.8 Å². The van der Waals surface area contributed by atoms with Crippen LogP contribution in [0.2, 0.25) is 5.02 Å². The van der Waals surface area contributed by atoms with Crippen LogP contribution in [0.4, 0.5) is 0 Å². The molecule has 6 aromatic rings. The van der Waals surface area contributed by atoms with Crippen LogP contribution in [0, 0.1) is 0 Å². The number of aromatic nitrogens is 4. The van der Waals surface area contributed by atoms with E-state index in [9.17, 15) is 0 Å². The largest absolute Gasteiger partial charge is 0.338 e. The number of benzene rings is 4. The van der Waals surface area contributed by atoms with E-state index < -0.39 is 0 Å². The molecule has 0 aliphatic heterocycles. The summed E-state index contributed by atoms with van der Waals surface area (Å²) < 4.78 is 0. The van der Waals surface area contributed by atoms with Crippen molar-refractivity contribution >= 4 is 55.5 Å². The average molecular weight is 381 g/mol. The lowest BCUT2D eigenvalue weighted by molar-refractivity contribution is 1.33. The summed E-state index contributed by atoms with van der Waals surface area (Å²) in [6.07, 6.45) is 0. The van der Waals surface area contributed by atoms with E-state index >= 15 is 0 Å². The Bertz CT molecular complexity index is 1500. The number of para-hydroxylation sites is 4. The highest BCUT2D eigenvalue weighted by atomic mass is 35.5. The van der Waals surface area contributed by atoms with Crippen LogP contribution in [0.3, 0.4) is 0 Å². The van der Waals surface area contributed by atoms with Gasteiger partial charge in [0.25, 0.3) is 0 Å². The van der Waals surface area contributed by atoms with Gasteiger partial charge in [0.05, 0.1) is 38.2 Å². The van der Waals surface area contributed by atoms with Gasteiger partial charge in [-0.15, -0.1) is 0 Å². The van der Waals surface area contributed by atoms with Crippen LogP contribution in [-0.2, 0) is 0 Å². The molecule has 0 unspecified atom stereocenters. The monoisotopic (exact) mass is 380 g/mol. The molecule has 5 heteroatoms. The predicted octanol–water partition coefficient (Wildman–Crippen LogP) is 6.13. The van der Waals surface area contributed by atoms with Crippen LogP contribution >= 0.6 is 11.6 Å². The van der Waals surface area contributed by atoms with E-state index in [1.54, 1.807) is 0 Å². The Morgan fingerprint density at radius 3 is 1.96 bits per heavy atom. The van der Waals surface area contributed by atoms with Crippen molar-refractivity contribution in [2.45, 2.75) is 0 Å². The standard InChI is InChI=1S/C23H13ClN4/c24-20-13-7-1-2-8-14(13)21-22(26-16-10-4-3-9-15(16)25-21)19(20)23-27-17-11-5-6-12-18(17)28-23/h1-12H,(H,27,28). The third kappa shape index (κ3) is 2.15. The zero-order valence-electron chi connectivity index (χ0n) is 14.6. The van der Waals surface area contributed by atoms with Crippen molar-refractivity contribution in [3.05, 3.63) is 77.8 Å². The highest BCUT2D eigenvalue weighted by molar-refractivity contribution is 6.41.